The molecule has 3 nitrogen and oxygen atoms in total. The highest BCUT2D eigenvalue weighted by molar-refractivity contribution is 9.10. The van der Waals surface area contributed by atoms with Crippen LogP contribution in [0.2, 0.25) is 0 Å². The quantitative estimate of drug-likeness (QED) is 0.576. The topological polar surface area (TPSA) is 35.5 Å². The van der Waals surface area contributed by atoms with Crippen LogP contribution in [-0.4, -0.2) is 12.6 Å². The predicted molar refractivity (Wildman–Crippen MR) is 99.7 cm³/mol. The largest absolute Gasteiger partial charge is 0.466 e. The lowest BCUT2D eigenvalue weighted by Gasteiger charge is -2.12. The standard InChI is InChI=1S/C20H23BrO3/c1-4-15-12-18(24-19-11-14(3)10-17(21)13-19)8-6-16(15)7-9-20(22)23-5-2/h6,8,10-13H,4-5,7,9H2,1-3H3. The Kier molecular flexibility index (Phi) is 6.85. The number of hydrogen-bond acceptors (Lipinski definition) is 3. The maximum absolute atomic E-state index is 11.5. The Morgan fingerprint density at radius 2 is 1.83 bits per heavy atom. The van der Waals surface area contributed by atoms with Gasteiger partial charge in [-0.15, -0.1) is 0 Å². The van der Waals surface area contributed by atoms with Crippen LogP contribution in [0.3, 0.4) is 0 Å². The van der Waals surface area contributed by atoms with Crippen LogP contribution in [0.25, 0.3) is 0 Å². The molecule has 128 valence electrons. The second-order valence-electron chi connectivity index (χ2n) is 5.66. The van der Waals surface area contributed by atoms with E-state index in [2.05, 4.69) is 28.9 Å². The number of carbonyl (C=O) groups is 1. The highest BCUT2D eigenvalue weighted by Crippen LogP contribution is 2.28. The number of ether oxygens (including phenoxy) is 2. The van der Waals surface area contributed by atoms with Gasteiger partial charge in [0, 0.05) is 10.9 Å². The summed E-state index contributed by atoms with van der Waals surface area (Å²) in [5.74, 6) is 1.47. The van der Waals surface area contributed by atoms with Gasteiger partial charge in [-0.3, -0.25) is 4.79 Å². The van der Waals surface area contributed by atoms with E-state index in [4.69, 9.17) is 9.47 Å². The zero-order valence-corrected chi connectivity index (χ0v) is 16.0. The first-order valence-corrected chi connectivity index (χ1v) is 9.03. The molecule has 0 radical (unpaired) electrons. The molecule has 0 N–H and O–H groups in total. The molecule has 0 unspecified atom stereocenters. The second-order valence-corrected chi connectivity index (χ2v) is 6.57. The van der Waals surface area contributed by atoms with Gasteiger partial charge in [-0.1, -0.05) is 28.9 Å². The van der Waals surface area contributed by atoms with Crippen molar-refractivity contribution in [3.63, 3.8) is 0 Å². The summed E-state index contributed by atoms with van der Waals surface area (Å²) in [6.07, 6.45) is 2.00. The number of hydrogen-bond donors (Lipinski definition) is 0. The molecule has 0 aliphatic heterocycles. The molecule has 0 aliphatic carbocycles. The third-order valence-corrected chi connectivity index (χ3v) is 4.17. The lowest BCUT2D eigenvalue weighted by Crippen LogP contribution is -2.06. The van der Waals surface area contributed by atoms with Crippen LogP contribution < -0.4 is 4.74 Å². The van der Waals surface area contributed by atoms with Crippen LogP contribution >= 0.6 is 15.9 Å². The maximum Gasteiger partial charge on any atom is 0.306 e. The molecule has 0 atom stereocenters. The number of esters is 1. The highest BCUT2D eigenvalue weighted by Gasteiger charge is 2.08. The lowest BCUT2D eigenvalue weighted by atomic mass is 10.0. The Labute approximate surface area is 152 Å². The molecule has 0 saturated carbocycles. The number of halogens is 1. The lowest BCUT2D eigenvalue weighted by molar-refractivity contribution is -0.143. The molecular weight excluding hydrogens is 368 g/mol. The molecule has 0 aliphatic rings. The minimum atomic E-state index is -0.149. The minimum Gasteiger partial charge on any atom is -0.466 e. The van der Waals surface area contributed by atoms with Crippen molar-refractivity contribution in [2.75, 3.05) is 6.61 Å². The van der Waals surface area contributed by atoms with E-state index in [0.717, 1.165) is 28.0 Å². The van der Waals surface area contributed by atoms with E-state index in [1.54, 1.807) is 0 Å². The van der Waals surface area contributed by atoms with Crippen LogP contribution in [0.5, 0.6) is 11.5 Å². The monoisotopic (exact) mass is 390 g/mol. The fourth-order valence-electron chi connectivity index (χ4n) is 2.61. The van der Waals surface area contributed by atoms with Gasteiger partial charge < -0.3 is 9.47 Å². The summed E-state index contributed by atoms with van der Waals surface area (Å²) in [5.41, 5.74) is 3.51. The van der Waals surface area contributed by atoms with Gasteiger partial charge in [0.05, 0.1) is 6.61 Å². The van der Waals surface area contributed by atoms with Crippen LogP contribution in [0.1, 0.15) is 37.0 Å². The summed E-state index contributed by atoms with van der Waals surface area (Å²) in [5, 5.41) is 0. The number of aryl methyl sites for hydroxylation is 3. The molecule has 0 heterocycles. The average molecular weight is 391 g/mol. The number of rotatable bonds is 7. The predicted octanol–water partition coefficient (Wildman–Crippen LogP) is 5.61. The van der Waals surface area contributed by atoms with E-state index in [1.807, 2.05) is 44.2 Å². The Morgan fingerprint density at radius 1 is 1.04 bits per heavy atom. The summed E-state index contributed by atoms with van der Waals surface area (Å²) < 4.78 is 12.0. The van der Waals surface area contributed by atoms with E-state index < -0.39 is 0 Å². The smallest absolute Gasteiger partial charge is 0.306 e. The summed E-state index contributed by atoms with van der Waals surface area (Å²) in [6, 6.07) is 12.0. The van der Waals surface area contributed by atoms with Crippen molar-refractivity contribution in [2.45, 2.75) is 40.0 Å². The number of carbonyl (C=O) groups excluding carboxylic acids is 1. The van der Waals surface area contributed by atoms with E-state index >= 15 is 0 Å². The van der Waals surface area contributed by atoms with Gasteiger partial charge in [-0.2, -0.15) is 0 Å². The van der Waals surface area contributed by atoms with Gasteiger partial charge in [0.15, 0.2) is 0 Å². The maximum atomic E-state index is 11.5. The summed E-state index contributed by atoms with van der Waals surface area (Å²) in [6.45, 7) is 6.40. The zero-order valence-electron chi connectivity index (χ0n) is 14.4. The molecule has 0 bridgehead atoms. The van der Waals surface area contributed by atoms with Crippen molar-refractivity contribution < 1.29 is 14.3 Å². The van der Waals surface area contributed by atoms with Crippen molar-refractivity contribution in [2.24, 2.45) is 0 Å². The van der Waals surface area contributed by atoms with Crippen LogP contribution in [-0.2, 0) is 22.4 Å². The van der Waals surface area contributed by atoms with Gasteiger partial charge >= 0.3 is 5.97 Å². The van der Waals surface area contributed by atoms with E-state index in [1.165, 1.54) is 11.1 Å². The van der Waals surface area contributed by atoms with Crippen molar-refractivity contribution in [1.82, 2.24) is 0 Å². The summed E-state index contributed by atoms with van der Waals surface area (Å²) in [4.78, 5) is 11.5. The molecular formula is C20H23BrO3. The Morgan fingerprint density at radius 3 is 2.50 bits per heavy atom. The summed E-state index contributed by atoms with van der Waals surface area (Å²) >= 11 is 3.49. The van der Waals surface area contributed by atoms with Gasteiger partial charge in [0.1, 0.15) is 11.5 Å². The third kappa shape index (κ3) is 5.38. The Hall–Kier alpha value is -1.81. The molecule has 0 aromatic heterocycles. The van der Waals surface area contributed by atoms with Crippen LogP contribution in [0, 0.1) is 6.92 Å². The first-order chi connectivity index (χ1) is 11.5. The molecule has 0 spiro atoms. The second kappa shape index (κ2) is 8.88. The van der Waals surface area contributed by atoms with E-state index in [9.17, 15) is 4.79 Å². The third-order valence-electron chi connectivity index (χ3n) is 3.71. The van der Waals surface area contributed by atoms with Crippen molar-refractivity contribution >= 4 is 21.9 Å². The molecule has 0 amide bonds. The van der Waals surface area contributed by atoms with E-state index in [0.29, 0.717) is 19.4 Å². The minimum absolute atomic E-state index is 0.149. The molecule has 2 aromatic rings. The molecule has 2 rings (SSSR count). The Balaban J connectivity index is 2.11. The first-order valence-electron chi connectivity index (χ1n) is 8.24. The van der Waals surface area contributed by atoms with E-state index in [-0.39, 0.29) is 5.97 Å². The molecule has 24 heavy (non-hydrogen) atoms. The van der Waals surface area contributed by atoms with Crippen LogP contribution in [0.4, 0.5) is 0 Å². The van der Waals surface area contributed by atoms with Crippen molar-refractivity contribution in [3.05, 3.63) is 57.6 Å². The van der Waals surface area contributed by atoms with Gasteiger partial charge in [0.2, 0.25) is 0 Å². The SMILES string of the molecule is CCOC(=O)CCc1ccc(Oc2cc(C)cc(Br)c2)cc1CC. The fourth-order valence-corrected chi connectivity index (χ4v) is 3.19. The molecule has 0 fully saturated rings. The van der Waals surface area contributed by atoms with Crippen molar-refractivity contribution in [1.29, 1.82) is 0 Å². The molecule has 2 aromatic carbocycles. The molecule has 0 saturated heterocycles. The van der Waals surface area contributed by atoms with Crippen molar-refractivity contribution in [3.8, 4) is 11.5 Å². The Bertz CT molecular complexity index is 690. The highest BCUT2D eigenvalue weighted by atomic mass is 79.9. The van der Waals surface area contributed by atoms with Gasteiger partial charge in [0.25, 0.3) is 0 Å². The van der Waals surface area contributed by atoms with Crippen LogP contribution in [0.15, 0.2) is 40.9 Å². The zero-order chi connectivity index (χ0) is 17.5. The molecule has 4 heteroatoms. The average Bonchev–Trinajstić information content (AvgIpc) is 2.52. The normalized spacial score (nSPS) is 10.5. The first kappa shape index (κ1) is 18.5. The van der Waals surface area contributed by atoms with Gasteiger partial charge in [-0.25, -0.2) is 0 Å². The number of benzene rings is 2. The van der Waals surface area contributed by atoms with Gasteiger partial charge in [-0.05, 0) is 73.7 Å². The summed E-state index contributed by atoms with van der Waals surface area (Å²) in [7, 11) is 0. The fraction of sp³-hybridized carbons (Fsp3) is 0.350.